The van der Waals surface area contributed by atoms with Crippen LogP contribution in [0.5, 0.6) is 0 Å². The lowest BCUT2D eigenvalue weighted by atomic mass is 9.68. The summed E-state index contributed by atoms with van der Waals surface area (Å²) in [5, 5.41) is 0. The van der Waals surface area contributed by atoms with Gasteiger partial charge in [0.15, 0.2) is 6.10 Å². The molecule has 0 saturated heterocycles. The van der Waals surface area contributed by atoms with E-state index < -0.39 is 47.6 Å². The summed E-state index contributed by atoms with van der Waals surface area (Å²) in [5.41, 5.74) is 1.94. The number of rotatable bonds is 8. The molecule has 0 aromatic carbocycles. The lowest BCUT2D eigenvalue weighted by molar-refractivity contribution is -0.169. The van der Waals surface area contributed by atoms with Gasteiger partial charge in [-0.25, -0.2) is 0 Å². The molecule has 0 aromatic rings. The Bertz CT molecular complexity index is 1010. The second-order valence-corrected chi connectivity index (χ2v) is 11.2. The van der Waals surface area contributed by atoms with Crippen LogP contribution in [-0.2, 0) is 42.9 Å². The lowest BCUT2D eigenvalue weighted by Crippen LogP contribution is -2.49. The van der Waals surface area contributed by atoms with E-state index in [9.17, 15) is 19.2 Å². The van der Waals surface area contributed by atoms with Crippen molar-refractivity contribution in [2.24, 2.45) is 29.1 Å². The van der Waals surface area contributed by atoms with Crippen molar-refractivity contribution in [1.29, 1.82) is 0 Å². The minimum Gasteiger partial charge on any atom is -0.465 e. The quantitative estimate of drug-likeness (QED) is 0.259. The fourth-order valence-electron chi connectivity index (χ4n) is 6.74. The van der Waals surface area contributed by atoms with Crippen molar-refractivity contribution in [3.8, 4) is 0 Å². The molecular weight excluding hydrogens is 492 g/mol. The van der Waals surface area contributed by atoms with Gasteiger partial charge < -0.3 is 23.7 Å². The molecule has 1 saturated carbocycles. The zero-order valence-electron chi connectivity index (χ0n) is 23.8. The Kier molecular flexibility index (Phi) is 9.44. The Morgan fingerprint density at radius 2 is 1.61 bits per heavy atom. The third-order valence-electron chi connectivity index (χ3n) is 8.33. The first-order valence-electron chi connectivity index (χ1n) is 13.4. The number of esters is 4. The monoisotopic (exact) mass is 534 g/mol. The smallest absolute Gasteiger partial charge is 0.303 e. The fraction of sp³-hybridized carbons (Fsp3) is 0.724. The molecule has 0 amide bonds. The zero-order chi connectivity index (χ0) is 28.4. The van der Waals surface area contributed by atoms with Crippen molar-refractivity contribution in [1.82, 2.24) is 0 Å². The van der Waals surface area contributed by atoms with E-state index in [1.807, 2.05) is 20.8 Å². The van der Waals surface area contributed by atoms with Crippen LogP contribution in [0.15, 0.2) is 22.8 Å². The molecule has 0 radical (unpaired) electrons. The van der Waals surface area contributed by atoms with Crippen molar-refractivity contribution in [3.05, 3.63) is 22.8 Å². The van der Waals surface area contributed by atoms with Gasteiger partial charge in [0.25, 0.3) is 0 Å². The number of hydrogen-bond acceptors (Lipinski definition) is 9. The molecule has 0 aliphatic heterocycles. The van der Waals surface area contributed by atoms with Crippen LogP contribution in [0.25, 0.3) is 0 Å². The van der Waals surface area contributed by atoms with Crippen molar-refractivity contribution in [2.45, 2.75) is 86.0 Å². The molecule has 3 rings (SSSR count). The van der Waals surface area contributed by atoms with Gasteiger partial charge in [-0.15, -0.1) is 0 Å². The van der Waals surface area contributed by atoms with Crippen LogP contribution in [0.3, 0.4) is 0 Å². The van der Waals surface area contributed by atoms with Gasteiger partial charge in [-0.3, -0.25) is 19.2 Å². The van der Waals surface area contributed by atoms with Crippen LogP contribution >= 0.6 is 0 Å². The molecule has 9 heteroatoms. The molecule has 9 nitrogen and oxygen atoms in total. The molecule has 0 heterocycles. The number of carbonyl (C=O) groups is 4. The van der Waals surface area contributed by atoms with E-state index in [0.717, 1.165) is 24.0 Å². The Labute approximate surface area is 225 Å². The van der Waals surface area contributed by atoms with E-state index in [4.69, 9.17) is 23.7 Å². The highest BCUT2D eigenvalue weighted by molar-refractivity contribution is 5.69. The number of fused-ring (bicyclic) bond motifs is 2. The Hall–Kier alpha value is -2.68. The van der Waals surface area contributed by atoms with Crippen LogP contribution in [0, 0.1) is 29.1 Å². The molecular formula is C29H42O9. The highest BCUT2D eigenvalue weighted by Crippen LogP contribution is 2.56. The second-order valence-electron chi connectivity index (χ2n) is 11.2. The van der Waals surface area contributed by atoms with Crippen molar-refractivity contribution < 1.29 is 42.9 Å². The zero-order valence-corrected chi connectivity index (χ0v) is 23.8. The Morgan fingerprint density at radius 3 is 2.16 bits per heavy atom. The molecule has 0 spiro atoms. The van der Waals surface area contributed by atoms with Gasteiger partial charge in [0, 0.05) is 64.4 Å². The molecule has 0 N–H and O–H groups in total. The third kappa shape index (κ3) is 6.14. The summed E-state index contributed by atoms with van der Waals surface area (Å²) in [6.45, 7) is 12.0. The first kappa shape index (κ1) is 29.9. The molecule has 0 aromatic heterocycles. The standard InChI is InChI=1S/C29H42O9/c1-15(13-35-17(3)30)23-11-25(36-18(4)31)29(7)12-24-21(14-34-8)9-10-22(24)16(2)27(37-19(5)32)28(26(23)29)38-20(6)33/h12,15-16,21-22,25,27-28H,9-11,13-14H2,1-8H3/b24-12-/t15-,16+,21+,22-,25-,27+,28+,29-/m0/s1. The maximum absolute atomic E-state index is 12.5. The van der Waals surface area contributed by atoms with E-state index in [-0.39, 0.29) is 30.3 Å². The van der Waals surface area contributed by atoms with Gasteiger partial charge in [0.1, 0.15) is 12.2 Å². The topological polar surface area (TPSA) is 114 Å². The van der Waals surface area contributed by atoms with Crippen LogP contribution < -0.4 is 0 Å². The first-order chi connectivity index (χ1) is 17.8. The van der Waals surface area contributed by atoms with E-state index in [2.05, 4.69) is 6.08 Å². The summed E-state index contributed by atoms with van der Waals surface area (Å²) >= 11 is 0. The van der Waals surface area contributed by atoms with E-state index in [0.29, 0.717) is 13.0 Å². The highest BCUT2D eigenvalue weighted by atomic mass is 16.6. The Morgan fingerprint density at radius 1 is 0.974 bits per heavy atom. The summed E-state index contributed by atoms with van der Waals surface area (Å²) in [7, 11) is 1.68. The summed E-state index contributed by atoms with van der Waals surface area (Å²) in [6.07, 6.45) is 2.11. The largest absolute Gasteiger partial charge is 0.465 e. The summed E-state index contributed by atoms with van der Waals surface area (Å²) < 4.78 is 28.8. The van der Waals surface area contributed by atoms with E-state index in [1.165, 1.54) is 33.3 Å². The molecule has 8 atom stereocenters. The molecule has 3 aliphatic carbocycles. The predicted octanol–water partition coefficient (Wildman–Crippen LogP) is 3.94. The fourth-order valence-corrected chi connectivity index (χ4v) is 6.74. The molecule has 1 fully saturated rings. The number of hydrogen-bond donors (Lipinski definition) is 0. The van der Waals surface area contributed by atoms with Gasteiger partial charge in [-0.1, -0.05) is 31.1 Å². The van der Waals surface area contributed by atoms with Crippen molar-refractivity contribution in [3.63, 3.8) is 0 Å². The maximum Gasteiger partial charge on any atom is 0.303 e. The van der Waals surface area contributed by atoms with Gasteiger partial charge in [0.05, 0.1) is 13.2 Å². The minimum absolute atomic E-state index is 0.0661. The average molecular weight is 535 g/mol. The molecule has 212 valence electrons. The van der Waals surface area contributed by atoms with Crippen LogP contribution in [0.1, 0.15) is 67.7 Å². The molecule has 38 heavy (non-hydrogen) atoms. The van der Waals surface area contributed by atoms with Crippen LogP contribution in [0.2, 0.25) is 0 Å². The summed E-state index contributed by atoms with van der Waals surface area (Å²) in [4.78, 5) is 48.7. The lowest BCUT2D eigenvalue weighted by Gasteiger charge is -2.43. The minimum atomic E-state index is -0.897. The summed E-state index contributed by atoms with van der Waals surface area (Å²) in [5.74, 6) is -1.99. The van der Waals surface area contributed by atoms with E-state index in [1.54, 1.807) is 7.11 Å². The Balaban J connectivity index is 2.32. The van der Waals surface area contributed by atoms with Crippen molar-refractivity contribution in [2.75, 3.05) is 20.3 Å². The second kappa shape index (κ2) is 12.0. The average Bonchev–Trinajstić information content (AvgIpc) is 3.31. The van der Waals surface area contributed by atoms with Crippen LogP contribution in [-0.4, -0.2) is 62.5 Å². The van der Waals surface area contributed by atoms with Crippen molar-refractivity contribution >= 4 is 23.9 Å². The molecule has 0 unspecified atom stereocenters. The van der Waals surface area contributed by atoms with Crippen LogP contribution in [0.4, 0.5) is 0 Å². The van der Waals surface area contributed by atoms with Gasteiger partial charge in [0.2, 0.25) is 0 Å². The van der Waals surface area contributed by atoms with E-state index >= 15 is 0 Å². The normalized spacial score (nSPS) is 34.6. The number of carbonyl (C=O) groups excluding carboxylic acids is 4. The third-order valence-corrected chi connectivity index (χ3v) is 8.33. The van der Waals surface area contributed by atoms with Gasteiger partial charge in [-0.05, 0) is 31.3 Å². The SMILES string of the molecule is COC[C@H]1CC[C@@H]2/C1=C\[C@]1(C)C(=C([C@@H](C)COC(C)=O)C[C@@H]1OC(C)=O)[C@@H](OC(C)=O)[C@H](OC(C)=O)[C@@H]2C. The predicted molar refractivity (Wildman–Crippen MR) is 138 cm³/mol. The van der Waals surface area contributed by atoms with Gasteiger partial charge >= 0.3 is 23.9 Å². The summed E-state index contributed by atoms with van der Waals surface area (Å²) in [6, 6.07) is 0. The molecule has 0 bridgehead atoms. The molecule has 3 aliphatic rings. The highest BCUT2D eigenvalue weighted by Gasteiger charge is 2.56. The van der Waals surface area contributed by atoms with Gasteiger partial charge in [-0.2, -0.15) is 0 Å². The first-order valence-corrected chi connectivity index (χ1v) is 13.4. The number of ether oxygens (including phenoxy) is 5. The number of methoxy groups -OCH3 is 1. The maximum atomic E-state index is 12.5.